The topological polar surface area (TPSA) is 87.7 Å². The van der Waals surface area contributed by atoms with E-state index in [0.29, 0.717) is 17.1 Å². The summed E-state index contributed by atoms with van der Waals surface area (Å²) in [6.07, 6.45) is 0.0126. The van der Waals surface area contributed by atoms with Crippen molar-refractivity contribution >= 4 is 46.3 Å². The van der Waals surface area contributed by atoms with E-state index in [0.717, 1.165) is 21.0 Å². The van der Waals surface area contributed by atoms with E-state index >= 15 is 0 Å². The van der Waals surface area contributed by atoms with Crippen molar-refractivity contribution in [3.05, 3.63) is 112 Å². The van der Waals surface area contributed by atoms with E-state index in [1.807, 2.05) is 50.2 Å². The normalized spacial score (nSPS) is 25.6. The van der Waals surface area contributed by atoms with E-state index < -0.39 is 29.6 Å². The van der Waals surface area contributed by atoms with Gasteiger partial charge >= 0.3 is 0 Å². The number of rotatable bonds is 4. The number of para-hydroxylation sites is 2. The van der Waals surface area contributed by atoms with Crippen LogP contribution in [0, 0.1) is 25.7 Å². The summed E-state index contributed by atoms with van der Waals surface area (Å²) >= 11 is 1.41. The van der Waals surface area contributed by atoms with Gasteiger partial charge in [-0.3, -0.25) is 24.1 Å². The minimum atomic E-state index is -0.726. The van der Waals surface area contributed by atoms with Crippen molar-refractivity contribution in [2.24, 2.45) is 11.8 Å². The van der Waals surface area contributed by atoms with Crippen LogP contribution in [0.15, 0.2) is 84.9 Å². The van der Waals surface area contributed by atoms with Gasteiger partial charge in [-0.25, -0.2) is 9.88 Å². The van der Waals surface area contributed by atoms with Crippen LogP contribution in [-0.2, 0) is 19.2 Å². The predicted octanol–water partition coefficient (Wildman–Crippen LogP) is 5.49. The van der Waals surface area contributed by atoms with Crippen molar-refractivity contribution in [2.45, 2.75) is 38.0 Å². The largest absolute Gasteiger partial charge is 0.274 e. The molecule has 204 valence electrons. The van der Waals surface area contributed by atoms with E-state index in [1.165, 1.54) is 21.1 Å². The third-order valence-electron chi connectivity index (χ3n) is 8.62. The van der Waals surface area contributed by atoms with Crippen LogP contribution in [0.5, 0.6) is 0 Å². The Morgan fingerprint density at radius 2 is 1.29 bits per heavy atom. The zero-order valence-electron chi connectivity index (χ0n) is 22.6. The van der Waals surface area contributed by atoms with Gasteiger partial charge in [0.2, 0.25) is 23.6 Å². The van der Waals surface area contributed by atoms with E-state index in [-0.39, 0.29) is 30.0 Å². The number of aryl methyl sites for hydroxylation is 2. The first-order valence-electron chi connectivity index (χ1n) is 13.7. The summed E-state index contributed by atoms with van der Waals surface area (Å²) in [7, 11) is 0. The van der Waals surface area contributed by atoms with Gasteiger partial charge in [-0.15, -0.1) is 11.3 Å². The van der Waals surface area contributed by atoms with E-state index in [9.17, 15) is 19.2 Å². The standard InChI is InChI=1S/C33H27N3O4S/c1-18-13-15-20(16-14-18)25-26(23-17-24(37)35(31(23)38)21-9-5-3-6-10-21)29-30(41-19(2)34-29)28-27(25)32(39)36(33(28)40)22-11-7-4-8-12-22/h3-16,23,25-28H,17H2,1-2H3/t23?,25-,26-,27-,28-/m1/s1. The molecule has 41 heavy (non-hydrogen) atoms. The maximum atomic E-state index is 14.3. The van der Waals surface area contributed by atoms with Gasteiger partial charge in [-0.1, -0.05) is 66.2 Å². The predicted molar refractivity (Wildman–Crippen MR) is 156 cm³/mol. The molecule has 0 spiro atoms. The smallest absolute Gasteiger partial charge is 0.243 e. The van der Waals surface area contributed by atoms with Gasteiger partial charge in [0.05, 0.1) is 39.8 Å². The Bertz CT molecular complexity index is 1700. The fourth-order valence-corrected chi connectivity index (χ4v) is 8.03. The van der Waals surface area contributed by atoms with Crippen molar-refractivity contribution in [2.75, 3.05) is 9.80 Å². The second-order valence-electron chi connectivity index (χ2n) is 11.0. The lowest BCUT2D eigenvalue weighted by atomic mass is 9.62. The number of carbonyl (C=O) groups excluding carboxylic acids is 4. The van der Waals surface area contributed by atoms with Crippen LogP contribution in [0.1, 0.15) is 50.9 Å². The molecule has 2 saturated heterocycles. The average molecular weight is 562 g/mol. The molecule has 2 fully saturated rings. The highest BCUT2D eigenvalue weighted by Crippen LogP contribution is 2.60. The molecule has 0 bridgehead atoms. The number of hydrogen-bond acceptors (Lipinski definition) is 6. The van der Waals surface area contributed by atoms with E-state index in [1.54, 1.807) is 48.5 Å². The first-order valence-corrected chi connectivity index (χ1v) is 14.6. The number of carbonyl (C=O) groups is 4. The number of hydrogen-bond donors (Lipinski definition) is 0. The molecule has 2 aliphatic heterocycles. The van der Waals surface area contributed by atoms with Crippen molar-refractivity contribution in [3.63, 3.8) is 0 Å². The lowest BCUT2D eigenvalue weighted by molar-refractivity contribution is -0.125. The highest BCUT2D eigenvalue weighted by Gasteiger charge is 2.62. The molecular formula is C33H27N3O4S. The van der Waals surface area contributed by atoms with Crippen LogP contribution < -0.4 is 9.80 Å². The second kappa shape index (κ2) is 9.59. The Morgan fingerprint density at radius 3 is 1.93 bits per heavy atom. The lowest BCUT2D eigenvalue weighted by Gasteiger charge is -2.39. The molecule has 3 aromatic carbocycles. The number of fused-ring (bicyclic) bond motifs is 3. The fourth-order valence-electron chi connectivity index (χ4n) is 6.90. The fraction of sp³-hybridized carbons (Fsp3) is 0.242. The zero-order valence-corrected chi connectivity index (χ0v) is 23.4. The molecule has 3 aliphatic rings. The van der Waals surface area contributed by atoms with E-state index in [4.69, 9.17) is 4.98 Å². The Balaban J connectivity index is 1.42. The van der Waals surface area contributed by atoms with Gasteiger partial charge in [0.25, 0.3) is 0 Å². The quantitative estimate of drug-likeness (QED) is 0.308. The monoisotopic (exact) mass is 561 g/mol. The van der Waals surface area contributed by atoms with Crippen LogP contribution in [0.2, 0.25) is 0 Å². The molecule has 4 amide bonds. The molecule has 1 aliphatic carbocycles. The summed E-state index contributed by atoms with van der Waals surface area (Å²) in [6, 6.07) is 25.9. The molecule has 0 radical (unpaired) electrons. The second-order valence-corrected chi connectivity index (χ2v) is 12.2. The Morgan fingerprint density at radius 1 is 0.683 bits per heavy atom. The summed E-state index contributed by atoms with van der Waals surface area (Å²) in [5, 5.41) is 0.762. The highest BCUT2D eigenvalue weighted by atomic mass is 32.1. The molecule has 7 rings (SSSR count). The van der Waals surface area contributed by atoms with Crippen LogP contribution in [-0.4, -0.2) is 28.6 Å². The molecule has 0 N–H and O–H groups in total. The summed E-state index contributed by atoms with van der Waals surface area (Å²) in [4.78, 5) is 64.1. The van der Waals surface area contributed by atoms with Gasteiger partial charge in [0, 0.05) is 23.1 Å². The molecule has 1 aromatic heterocycles. The van der Waals surface area contributed by atoms with Crippen molar-refractivity contribution < 1.29 is 19.2 Å². The first-order chi connectivity index (χ1) is 19.8. The van der Waals surface area contributed by atoms with Gasteiger partial charge in [0.1, 0.15) is 0 Å². The van der Waals surface area contributed by atoms with Crippen LogP contribution in [0.4, 0.5) is 11.4 Å². The van der Waals surface area contributed by atoms with E-state index in [2.05, 4.69) is 0 Å². The minimum absolute atomic E-state index is 0.0126. The number of aromatic nitrogens is 1. The molecule has 5 atom stereocenters. The number of anilines is 2. The van der Waals surface area contributed by atoms with Crippen LogP contribution in [0.25, 0.3) is 0 Å². The molecule has 1 unspecified atom stereocenters. The van der Waals surface area contributed by atoms with Gasteiger partial charge in [0.15, 0.2) is 0 Å². The molecule has 3 heterocycles. The Hall–Kier alpha value is -4.43. The molecule has 0 saturated carbocycles. The number of nitrogens with zero attached hydrogens (tertiary/aromatic N) is 3. The number of imide groups is 2. The first kappa shape index (κ1) is 25.5. The summed E-state index contributed by atoms with van der Waals surface area (Å²) in [5.41, 5.74) is 3.65. The number of thiazole rings is 1. The Kier molecular flexibility index (Phi) is 5.97. The molecule has 7 nitrogen and oxygen atoms in total. The van der Waals surface area contributed by atoms with Crippen molar-refractivity contribution in [3.8, 4) is 0 Å². The maximum absolute atomic E-state index is 14.3. The molecular weight excluding hydrogens is 534 g/mol. The molecule has 8 heteroatoms. The number of benzene rings is 3. The van der Waals surface area contributed by atoms with Gasteiger partial charge in [-0.2, -0.15) is 0 Å². The average Bonchev–Trinajstić information content (AvgIpc) is 3.59. The lowest BCUT2D eigenvalue weighted by Crippen LogP contribution is -2.39. The summed E-state index contributed by atoms with van der Waals surface area (Å²) < 4.78 is 0. The van der Waals surface area contributed by atoms with Crippen LogP contribution >= 0.6 is 11.3 Å². The van der Waals surface area contributed by atoms with Crippen molar-refractivity contribution in [1.29, 1.82) is 0 Å². The maximum Gasteiger partial charge on any atom is 0.243 e. The zero-order chi connectivity index (χ0) is 28.4. The third kappa shape index (κ3) is 3.89. The highest BCUT2D eigenvalue weighted by molar-refractivity contribution is 7.12. The summed E-state index contributed by atoms with van der Waals surface area (Å²) in [5.74, 6) is -4.33. The minimum Gasteiger partial charge on any atom is -0.274 e. The van der Waals surface area contributed by atoms with Gasteiger partial charge < -0.3 is 0 Å². The molecule has 4 aromatic rings. The summed E-state index contributed by atoms with van der Waals surface area (Å²) in [6.45, 7) is 3.87. The third-order valence-corrected chi connectivity index (χ3v) is 9.69. The number of amides is 4. The Labute approximate surface area is 241 Å². The van der Waals surface area contributed by atoms with Crippen LogP contribution in [0.3, 0.4) is 0 Å². The van der Waals surface area contributed by atoms with Crippen molar-refractivity contribution in [1.82, 2.24) is 4.98 Å². The SMILES string of the molecule is Cc1ccc([C@H]2[C@H]3C(=O)N(c4ccccc4)C(=O)[C@H]3c3sc(C)nc3[C@@H]2C2CC(=O)N(c3ccccc3)C2=O)cc1. The van der Waals surface area contributed by atoms with Gasteiger partial charge in [-0.05, 0) is 43.7 Å².